The van der Waals surface area contributed by atoms with Crippen LogP contribution in [0.1, 0.15) is 15.9 Å². The molecule has 0 aliphatic heterocycles. The van der Waals surface area contributed by atoms with Crippen LogP contribution in [-0.2, 0) is 6.54 Å². The van der Waals surface area contributed by atoms with Gasteiger partial charge in [-0.05, 0) is 31.2 Å². The van der Waals surface area contributed by atoms with Gasteiger partial charge in [0.25, 0.3) is 0 Å². The Bertz CT molecular complexity index is 945. The Hall–Kier alpha value is -3.28. The molecule has 1 aromatic heterocycles. The van der Waals surface area contributed by atoms with Crippen molar-refractivity contribution in [3.05, 3.63) is 76.3 Å². The first-order valence-electron chi connectivity index (χ1n) is 7.75. The minimum Gasteiger partial charge on any atom is -0.497 e. The Balaban J connectivity index is 1.80. The number of aryl methyl sites for hydroxylation is 1. The fraction of sp³-hybridized carbons (Fsp3) is 0.158. The molecule has 0 bridgehead atoms. The van der Waals surface area contributed by atoms with Gasteiger partial charge in [-0.1, -0.05) is 29.8 Å². The van der Waals surface area contributed by atoms with Crippen molar-refractivity contribution in [3.63, 3.8) is 0 Å². The molecule has 0 spiro atoms. The maximum Gasteiger partial charge on any atom is 0.364 e. The molecule has 0 fully saturated rings. The van der Waals surface area contributed by atoms with E-state index < -0.39 is 5.69 Å². The number of carbonyl (C=O) groups excluding carboxylic acids is 1. The molecule has 0 saturated heterocycles. The molecule has 3 aromatic rings. The summed E-state index contributed by atoms with van der Waals surface area (Å²) in [6.07, 6.45) is 1.48. The Morgan fingerprint density at radius 1 is 1.08 bits per heavy atom. The Labute approximate surface area is 144 Å². The third-order valence-electron chi connectivity index (χ3n) is 3.81. The molecule has 6 nitrogen and oxygen atoms in total. The number of hydrogen-bond donors (Lipinski definition) is 0. The summed E-state index contributed by atoms with van der Waals surface area (Å²) in [5, 5.41) is 4.07. The second kappa shape index (κ2) is 7.09. The van der Waals surface area contributed by atoms with Crippen molar-refractivity contribution in [2.45, 2.75) is 13.5 Å². The Kier molecular flexibility index (Phi) is 4.70. The van der Waals surface area contributed by atoms with Gasteiger partial charge in [-0.3, -0.25) is 4.79 Å². The van der Waals surface area contributed by atoms with Gasteiger partial charge in [0.2, 0.25) is 0 Å². The highest BCUT2D eigenvalue weighted by molar-refractivity contribution is 5.95. The number of ether oxygens (including phenoxy) is 1. The van der Waals surface area contributed by atoms with Crippen LogP contribution in [0.15, 0.2) is 59.5 Å². The van der Waals surface area contributed by atoms with Gasteiger partial charge in [0.15, 0.2) is 5.78 Å². The van der Waals surface area contributed by atoms with E-state index in [0.717, 1.165) is 15.8 Å². The van der Waals surface area contributed by atoms with Crippen LogP contribution >= 0.6 is 0 Å². The molecule has 0 N–H and O–H groups in total. The number of benzene rings is 2. The van der Waals surface area contributed by atoms with E-state index in [4.69, 9.17) is 4.74 Å². The maximum absolute atomic E-state index is 12.3. The molecular formula is C19H17N3O3. The number of carbonyl (C=O) groups is 1. The summed E-state index contributed by atoms with van der Waals surface area (Å²) in [5.41, 5.74) is 2.25. The van der Waals surface area contributed by atoms with Crippen LogP contribution in [0.25, 0.3) is 11.3 Å². The first-order valence-corrected chi connectivity index (χ1v) is 7.75. The van der Waals surface area contributed by atoms with Gasteiger partial charge in [-0.25, -0.2) is 9.48 Å². The number of methoxy groups -OCH3 is 1. The molecule has 0 unspecified atom stereocenters. The quantitative estimate of drug-likeness (QED) is 0.670. The summed E-state index contributed by atoms with van der Waals surface area (Å²) in [6.45, 7) is 1.81. The molecule has 25 heavy (non-hydrogen) atoms. The lowest BCUT2D eigenvalue weighted by Crippen LogP contribution is -2.29. The molecule has 6 heteroatoms. The van der Waals surface area contributed by atoms with Gasteiger partial charge >= 0.3 is 5.69 Å². The number of rotatable bonds is 5. The number of nitrogens with zero attached hydrogens (tertiary/aromatic N) is 3. The van der Waals surface area contributed by atoms with E-state index in [9.17, 15) is 9.59 Å². The zero-order chi connectivity index (χ0) is 17.8. The monoisotopic (exact) mass is 335 g/mol. The molecule has 0 atom stereocenters. The number of aromatic nitrogens is 3. The summed E-state index contributed by atoms with van der Waals surface area (Å²) >= 11 is 0. The molecule has 126 valence electrons. The summed E-state index contributed by atoms with van der Waals surface area (Å²) < 4.78 is 6.17. The van der Waals surface area contributed by atoms with E-state index >= 15 is 0 Å². The molecule has 1 heterocycles. The Morgan fingerprint density at radius 3 is 2.36 bits per heavy atom. The Morgan fingerprint density at radius 2 is 1.76 bits per heavy atom. The highest BCUT2D eigenvalue weighted by atomic mass is 16.5. The highest BCUT2D eigenvalue weighted by Gasteiger charge is 2.10. The molecule has 3 rings (SSSR count). The normalized spacial score (nSPS) is 10.5. The van der Waals surface area contributed by atoms with Crippen molar-refractivity contribution in [2.24, 2.45) is 0 Å². The van der Waals surface area contributed by atoms with Crippen LogP contribution < -0.4 is 10.4 Å². The van der Waals surface area contributed by atoms with E-state index in [0.29, 0.717) is 17.0 Å². The largest absolute Gasteiger partial charge is 0.497 e. The fourth-order valence-corrected chi connectivity index (χ4v) is 2.34. The van der Waals surface area contributed by atoms with Crippen molar-refractivity contribution >= 4 is 5.78 Å². The number of Topliss-reactive ketones (excluding diaryl/α,β-unsaturated/α-hetero) is 1. The fourth-order valence-electron chi connectivity index (χ4n) is 2.34. The van der Waals surface area contributed by atoms with Crippen molar-refractivity contribution in [1.82, 2.24) is 14.8 Å². The van der Waals surface area contributed by atoms with Gasteiger partial charge in [0.05, 0.1) is 19.0 Å². The van der Waals surface area contributed by atoms with Gasteiger partial charge < -0.3 is 4.74 Å². The van der Waals surface area contributed by atoms with Gasteiger partial charge in [0, 0.05) is 11.1 Å². The summed E-state index contributed by atoms with van der Waals surface area (Å²) in [7, 11) is 1.58. The van der Waals surface area contributed by atoms with Gasteiger partial charge in [-0.15, -0.1) is 0 Å². The predicted octanol–water partition coefficient (Wildman–Crippen LogP) is 2.51. The molecule has 0 amide bonds. The molecule has 0 saturated carbocycles. The van der Waals surface area contributed by atoms with Crippen molar-refractivity contribution in [2.75, 3.05) is 7.11 Å². The number of hydrogen-bond acceptors (Lipinski definition) is 5. The van der Waals surface area contributed by atoms with Gasteiger partial charge in [0.1, 0.15) is 12.3 Å². The third kappa shape index (κ3) is 3.80. The van der Waals surface area contributed by atoms with E-state index in [1.165, 1.54) is 6.20 Å². The van der Waals surface area contributed by atoms with Crippen LogP contribution in [0, 0.1) is 6.92 Å². The summed E-state index contributed by atoms with van der Waals surface area (Å²) in [6, 6.07) is 14.3. The lowest BCUT2D eigenvalue weighted by Gasteiger charge is -2.06. The molecule has 2 aromatic carbocycles. The summed E-state index contributed by atoms with van der Waals surface area (Å²) in [4.78, 5) is 28.4. The average Bonchev–Trinajstić information content (AvgIpc) is 2.64. The first kappa shape index (κ1) is 16.6. The zero-order valence-electron chi connectivity index (χ0n) is 14.0. The van der Waals surface area contributed by atoms with Crippen molar-refractivity contribution in [1.29, 1.82) is 0 Å². The minimum atomic E-state index is -0.561. The SMILES string of the molecule is COc1ccc(-c2cnn(CC(=O)c3ccc(C)cc3)c(=O)n2)cc1. The van der Waals surface area contributed by atoms with Gasteiger partial charge in [-0.2, -0.15) is 10.1 Å². The predicted molar refractivity (Wildman–Crippen MR) is 93.8 cm³/mol. The minimum absolute atomic E-state index is 0.141. The lowest BCUT2D eigenvalue weighted by atomic mass is 10.1. The maximum atomic E-state index is 12.3. The van der Waals surface area contributed by atoms with Crippen LogP contribution in [0.3, 0.4) is 0 Å². The van der Waals surface area contributed by atoms with E-state index in [1.807, 2.05) is 19.1 Å². The second-order valence-electron chi connectivity index (χ2n) is 5.60. The lowest BCUT2D eigenvalue weighted by molar-refractivity contribution is 0.0965. The van der Waals surface area contributed by atoms with E-state index in [-0.39, 0.29) is 12.3 Å². The van der Waals surface area contributed by atoms with E-state index in [1.54, 1.807) is 43.5 Å². The highest BCUT2D eigenvalue weighted by Crippen LogP contribution is 2.18. The van der Waals surface area contributed by atoms with Crippen molar-refractivity contribution < 1.29 is 9.53 Å². The van der Waals surface area contributed by atoms with E-state index in [2.05, 4.69) is 10.1 Å². The molecular weight excluding hydrogens is 318 g/mol. The van der Waals surface area contributed by atoms with Crippen LogP contribution in [-0.4, -0.2) is 27.7 Å². The zero-order valence-corrected chi connectivity index (χ0v) is 14.0. The van der Waals surface area contributed by atoms with Crippen molar-refractivity contribution in [3.8, 4) is 17.0 Å². The van der Waals surface area contributed by atoms with Crippen LogP contribution in [0.5, 0.6) is 5.75 Å². The van der Waals surface area contributed by atoms with Crippen LogP contribution in [0.2, 0.25) is 0 Å². The first-order chi connectivity index (χ1) is 12.1. The average molecular weight is 335 g/mol. The summed E-state index contributed by atoms with van der Waals surface area (Å²) in [5.74, 6) is 0.530. The second-order valence-corrected chi connectivity index (χ2v) is 5.60. The molecule has 0 aliphatic carbocycles. The third-order valence-corrected chi connectivity index (χ3v) is 3.81. The standard InChI is InChI=1S/C19H17N3O3/c1-13-3-5-15(6-4-13)18(23)12-22-19(24)21-17(11-20-22)14-7-9-16(25-2)10-8-14/h3-11H,12H2,1-2H3. The topological polar surface area (TPSA) is 74.1 Å². The molecule has 0 radical (unpaired) electrons. The molecule has 0 aliphatic rings. The smallest absolute Gasteiger partial charge is 0.364 e. The van der Waals surface area contributed by atoms with Crippen LogP contribution in [0.4, 0.5) is 0 Å². The number of ketones is 1.